The van der Waals surface area contributed by atoms with Gasteiger partial charge in [0.1, 0.15) is 5.84 Å². The zero-order valence-electron chi connectivity index (χ0n) is 14.5. The fourth-order valence-electron chi connectivity index (χ4n) is 4.18. The predicted octanol–water partition coefficient (Wildman–Crippen LogP) is 4.92. The molecule has 0 radical (unpaired) electrons. The summed E-state index contributed by atoms with van der Waals surface area (Å²) in [7, 11) is 2.17. The Kier molecular flexibility index (Phi) is 3.53. The summed E-state index contributed by atoms with van der Waals surface area (Å²) in [6.07, 6.45) is 8.17. The highest BCUT2D eigenvalue weighted by Crippen LogP contribution is 2.62. The van der Waals surface area contributed by atoms with Crippen LogP contribution in [0.4, 0.5) is 0 Å². The fraction of sp³-hybridized carbons (Fsp3) is 0.318. The second-order valence-corrected chi connectivity index (χ2v) is 8.53. The number of thioether (sulfide) groups is 1. The maximum atomic E-state index is 4.79. The molecule has 2 aliphatic carbocycles. The first-order valence-electron chi connectivity index (χ1n) is 9.03. The first-order chi connectivity index (χ1) is 12.3. The van der Waals surface area contributed by atoms with E-state index in [-0.39, 0.29) is 6.17 Å². The third-order valence-electron chi connectivity index (χ3n) is 5.69. The second-order valence-electron chi connectivity index (χ2n) is 7.22. The number of likely N-dealkylation sites (N-methyl/N-ethyl adjacent to an activating group) is 1. The molecule has 2 atom stereocenters. The molecule has 1 fully saturated rings. The Morgan fingerprint density at radius 1 is 1.24 bits per heavy atom. The van der Waals surface area contributed by atoms with E-state index in [1.54, 1.807) is 0 Å². The van der Waals surface area contributed by atoms with Gasteiger partial charge >= 0.3 is 0 Å². The summed E-state index contributed by atoms with van der Waals surface area (Å²) in [6, 6.07) is 15.4. The van der Waals surface area contributed by atoms with Gasteiger partial charge in [0, 0.05) is 26.3 Å². The molecule has 2 unspecified atom stereocenters. The summed E-state index contributed by atoms with van der Waals surface area (Å²) in [6.45, 7) is 1.98. The van der Waals surface area contributed by atoms with Gasteiger partial charge in [-0.3, -0.25) is 4.99 Å². The molecule has 2 aromatic carbocycles. The molecule has 0 spiro atoms. The monoisotopic (exact) mass is 348 g/mol. The van der Waals surface area contributed by atoms with Crippen LogP contribution < -0.4 is 0 Å². The van der Waals surface area contributed by atoms with Crippen molar-refractivity contribution in [3.05, 3.63) is 71.8 Å². The lowest BCUT2D eigenvalue weighted by Gasteiger charge is -2.26. The molecule has 0 N–H and O–H groups in total. The molecule has 128 valence electrons. The van der Waals surface area contributed by atoms with E-state index in [2.05, 4.69) is 84.4 Å². The Balaban J connectivity index is 0.00000168. The maximum Gasteiger partial charge on any atom is 0.128 e. The first-order valence-corrected chi connectivity index (χ1v) is 10.0. The number of amidine groups is 1. The quantitative estimate of drug-likeness (QED) is 0.779. The number of nitrogens with zero attached hydrogens (tertiary/aromatic N) is 2. The van der Waals surface area contributed by atoms with Crippen LogP contribution in [-0.2, 0) is 5.75 Å². The number of allylic oxidation sites excluding steroid dienone is 3. The third-order valence-corrected chi connectivity index (χ3v) is 7.35. The first kappa shape index (κ1) is 15.3. The van der Waals surface area contributed by atoms with Crippen LogP contribution in [0.2, 0.25) is 0 Å². The summed E-state index contributed by atoms with van der Waals surface area (Å²) in [5, 5.41) is 2.72. The van der Waals surface area contributed by atoms with E-state index >= 15 is 0 Å². The van der Waals surface area contributed by atoms with Crippen LogP contribution in [-0.4, -0.2) is 35.6 Å². The molecule has 1 saturated carbocycles. The lowest BCUT2D eigenvalue weighted by atomic mass is 10.0. The smallest absolute Gasteiger partial charge is 0.128 e. The maximum absolute atomic E-state index is 4.79. The molecule has 2 aromatic rings. The second kappa shape index (κ2) is 5.77. The summed E-state index contributed by atoms with van der Waals surface area (Å²) in [4.78, 5) is 7.11. The molecule has 0 aromatic heterocycles. The largest absolute Gasteiger partial charge is 0.358 e. The molecule has 25 heavy (non-hydrogen) atoms. The van der Waals surface area contributed by atoms with Gasteiger partial charge in [0.25, 0.3) is 0 Å². The van der Waals surface area contributed by atoms with Crippen LogP contribution in [0.15, 0.2) is 71.3 Å². The number of hydrogen-bond acceptors (Lipinski definition) is 3. The Labute approximate surface area is 154 Å². The van der Waals surface area contributed by atoms with Crippen molar-refractivity contribution in [1.29, 1.82) is 0 Å². The van der Waals surface area contributed by atoms with E-state index in [4.69, 9.17) is 4.99 Å². The summed E-state index contributed by atoms with van der Waals surface area (Å²) in [5.41, 5.74) is 2.89. The van der Waals surface area contributed by atoms with E-state index in [1.165, 1.54) is 34.2 Å². The van der Waals surface area contributed by atoms with Crippen molar-refractivity contribution in [1.82, 2.24) is 4.90 Å². The molecule has 2 nitrogen and oxygen atoms in total. The van der Waals surface area contributed by atoms with Gasteiger partial charge in [-0.1, -0.05) is 60.7 Å². The van der Waals surface area contributed by atoms with Crippen molar-refractivity contribution in [3.63, 3.8) is 0 Å². The zero-order valence-corrected chi connectivity index (χ0v) is 15.3. The van der Waals surface area contributed by atoms with Crippen LogP contribution in [0.5, 0.6) is 0 Å². The van der Waals surface area contributed by atoms with Gasteiger partial charge in [-0.25, -0.2) is 0 Å². The Bertz CT molecular complexity index is 927. The van der Waals surface area contributed by atoms with Crippen molar-refractivity contribution in [3.8, 4) is 0 Å². The summed E-state index contributed by atoms with van der Waals surface area (Å²) >= 11 is 2.11. The topological polar surface area (TPSA) is 15.6 Å². The Morgan fingerprint density at radius 3 is 3.00 bits per heavy atom. The fourth-order valence-corrected chi connectivity index (χ4v) is 5.75. The van der Waals surface area contributed by atoms with Gasteiger partial charge in [-0.2, -0.15) is 0 Å². The molecule has 3 aliphatic rings. The lowest BCUT2D eigenvalue weighted by Crippen LogP contribution is -2.30. The molecule has 0 bridgehead atoms. The third kappa shape index (κ3) is 2.44. The molecular weight excluding hydrogens is 324 g/mol. The van der Waals surface area contributed by atoms with E-state index in [1.807, 2.05) is 0 Å². The average Bonchev–Trinajstić information content (AvgIpc) is 3.24. The minimum absolute atomic E-state index is 0. The summed E-state index contributed by atoms with van der Waals surface area (Å²) < 4.78 is 0.239. The number of fused-ring (bicyclic) bond motifs is 2. The van der Waals surface area contributed by atoms with Crippen molar-refractivity contribution in [2.24, 2.45) is 10.9 Å². The van der Waals surface area contributed by atoms with Crippen LogP contribution in [0, 0.1) is 5.92 Å². The molecule has 0 amide bonds. The lowest BCUT2D eigenvalue weighted by molar-refractivity contribution is 0.553. The van der Waals surface area contributed by atoms with E-state index < -0.39 is 0 Å². The average molecular weight is 349 g/mol. The highest BCUT2D eigenvalue weighted by atomic mass is 32.2. The van der Waals surface area contributed by atoms with Gasteiger partial charge < -0.3 is 4.90 Å². The van der Waals surface area contributed by atoms with E-state index in [0.29, 0.717) is 5.92 Å². The summed E-state index contributed by atoms with van der Waals surface area (Å²) in [5.74, 6) is 2.95. The van der Waals surface area contributed by atoms with E-state index in [9.17, 15) is 0 Å². The van der Waals surface area contributed by atoms with Crippen molar-refractivity contribution in [2.45, 2.75) is 16.9 Å². The highest BCUT2D eigenvalue weighted by molar-refractivity contribution is 8.00. The molecule has 1 aliphatic heterocycles. The minimum atomic E-state index is 0. The van der Waals surface area contributed by atoms with Crippen LogP contribution in [0.3, 0.4) is 0 Å². The number of benzene rings is 2. The molecule has 1 heterocycles. The van der Waals surface area contributed by atoms with Crippen molar-refractivity contribution < 1.29 is 1.43 Å². The van der Waals surface area contributed by atoms with Crippen LogP contribution in [0.25, 0.3) is 10.8 Å². The van der Waals surface area contributed by atoms with Gasteiger partial charge in [0.15, 0.2) is 0 Å². The SMILES string of the molecule is CN1CCN=C1C1=CC=CC2CC12SCc1cccc2ccccc12.[HH]. The molecule has 3 heteroatoms. The zero-order chi connectivity index (χ0) is 16.9. The highest BCUT2D eigenvalue weighted by Gasteiger charge is 2.58. The Morgan fingerprint density at radius 2 is 2.12 bits per heavy atom. The number of aliphatic imine (C=N–C) groups is 1. The normalized spacial score (nSPS) is 27.2. The number of hydrogen-bond donors (Lipinski definition) is 0. The van der Waals surface area contributed by atoms with Gasteiger partial charge in [0.2, 0.25) is 0 Å². The predicted molar refractivity (Wildman–Crippen MR) is 110 cm³/mol. The van der Waals surface area contributed by atoms with Gasteiger partial charge in [0.05, 0.1) is 11.3 Å². The molecule has 5 rings (SSSR count). The minimum Gasteiger partial charge on any atom is -0.358 e. The van der Waals surface area contributed by atoms with E-state index in [0.717, 1.165) is 18.8 Å². The van der Waals surface area contributed by atoms with Crippen LogP contribution in [0.1, 0.15) is 13.4 Å². The van der Waals surface area contributed by atoms with Gasteiger partial charge in [-0.05, 0) is 28.7 Å². The Hall–Kier alpha value is -2.00. The van der Waals surface area contributed by atoms with Crippen molar-refractivity contribution in [2.75, 3.05) is 20.1 Å². The van der Waals surface area contributed by atoms with Gasteiger partial charge in [-0.15, -0.1) is 11.8 Å². The van der Waals surface area contributed by atoms with Crippen molar-refractivity contribution >= 4 is 28.4 Å². The van der Waals surface area contributed by atoms with Crippen LogP contribution >= 0.6 is 11.8 Å². The molecular formula is C22H24N2S. The standard InChI is InChI=1S/C22H22N2S.H2/c1-24-13-12-23-21(24)20-11-5-9-18-14-22(18,20)25-15-17-8-4-7-16-6-2-3-10-19(16)17;/h2-11,18H,12-15H2,1H3;1H. The number of rotatable bonds is 4. The molecule has 0 saturated heterocycles.